The SMILES string of the molecule is O=C(c1n[nH]c2ccccc12)N1CCN(S(=O)(=O)c2ccc(Br)s2)CC1. The zero-order valence-electron chi connectivity index (χ0n) is 13.6. The summed E-state index contributed by atoms with van der Waals surface area (Å²) in [5.41, 5.74) is 1.18. The van der Waals surface area contributed by atoms with Crippen LogP contribution in [-0.2, 0) is 10.0 Å². The fourth-order valence-electron chi connectivity index (χ4n) is 2.97. The summed E-state index contributed by atoms with van der Waals surface area (Å²) in [6, 6.07) is 10.8. The minimum Gasteiger partial charge on any atom is -0.335 e. The van der Waals surface area contributed by atoms with Crippen LogP contribution < -0.4 is 0 Å². The minimum atomic E-state index is -3.52. The standard InChI is InChI=1S/C16H15BrN4O3S2/c17-13-5-6-14(25-13)26(23,24)21-9-7-20(8-10-21)16(22)15-11-3-1-2-4-12(11)18-19-15/h1-6H,7-10H2,(H,18,19). The predicted octanol–water partition coefficient (Wildman–Crippen LogP) is 2.53. The monoisotopic (exact) mass is 454 g/mol. The Balaban J connectivity index is 1.49. The molecule has 0 bridgehead atoms. The molecule has 0 radical (unpaired) electrons. The maximum Gasteiger partial charge on any atom is 0.275 e. The Kier molecular flexibility index (Phi) is 4.59. The number of thiophene rings is 1. The van der Waals surface area contributed by atoms with Gasteiger partial charge in [-0.2, -0.15) is 9.40 Å². The lowest BCUT2D eigenvalue weighted by molar-refractivity contribution is 0.0694. The molecule has 3 heterocycles. The highest BCUT2D eigenvalue weighted by molar-refractivity contribution is 9.11. The number of rotatable bonds is 3. The summed E-state index contributed by atoms with van der Waals surface area (Å²) in [4.78, 5) is 14.4. The molecule has 0 aliphatic carbocycles. The van der Waals surface area contributed by atoms with Crippen molar-refractivity contribution in [3.8, 4) is 0 Å². The molecular weight excluding hydrogens is 440 g/mol. The van der Waals surface area contributed by atoms with Gasteiger partial charge in [0.1, 0.15) is 4.21 Å². The zero-order chi connectivity index (χ0) is 18.3. The van der Waals surface area contributed by atoms with E-state index in [0.29, 0.717) is 23.0 Å². The van der Waals surface area contributed by atoms with E-state index in [1.54, 1.807) is 17.0 Å². The Hall–Kier alpha value is -1.75. The number of para-hydroxylation sites is 1. The van der Waals surface area contributed by atoms with Gasteiger partial charge < -0.3 is 4.90 Å². The van der Waals surface area contributed by atoms with E-state index in [4.69, 9.17) is 0 Å². The van der Waals surface area contributed by atoms with Gasteiger partial charge in [-0.3, -0.25) is 9.89 Å². The third kappa shape index (κ3) is 3.07. The molecule has 0 atom stereocenters. The van der Waals surface area contributed by atoms with E-state index in [9.17, 15) is 13.2 Å². The van der Waals surface area contributed by atoms with Gasteiger partial charge >= 0.3 is 0 Å². The summed E-state index contributed by atoms with van der Waals surface area (Å²) in [5.74, 6) is -0.182. The average molecular weight is 455 g/mol. The van der Waals surface area contributed by atoms with Gasteiger partial charge in [0.2, 0.25) is 0 Å². The van der Waals surface area contributed by atoms with E-state index < -0.39 is 10.0 Å². The number of amides is 1. The van der Waals surface area contributed by atoms with Crippen molar-refractivity contribution >= 4 is 54.1 Å². The molecular formula is C16H15BrN4O3S2. The summed E-state index contributed by atoms with van der Waals surface area (Å²) in [7, 11) is -3.52. The summed E-state index contributed by atoms with van der Waals surface area (Å²) < 4.78 is 27.9. The number of benzene rings is 1. The summed E-state index contributed by atoms with van der Waals surface area (Å²) in [5, 5.41) is 7.77. The van der Waals surface area contributed by atoms with Crippen molar-refractivity contribution in [2.24, 2.45) is 0 Å². The van der Waals surface area contributed by atoms with Crippen molar-refractivity contribution in [1.82, 2.24) is 19.4 Å². The lowest BCUT2D eigenvalue weighted by Crippen LogP contribution is -2.50. The molecule has 136 valence electrons. The second-order valence-corrected chi connectivity index (χ2v) is 10.5. The van der Waals surface area contributed by atoms with Crippen LogP contribution in [0.25, 0.3) is 10.9 Å². The van der Waals surface area contributed by atoms with Crippen molar-refractivity contribution in [3.63, 3.8) is 0 Å². The fraction of sp³-hybridized carbons (Fsp3) is 0.250. The third-order valence-electron chi connectivity index (χ3n) is 4.34. The molecule has 10 heteroatoms. The second-order valence-electron chi connectivity index (χ2n) is 5.87. The van der Waals surface area contributed by atoms with Crippen LogP contribution >= 0.6 is 27.3 Å². The molecule has 1 N–H and O–H groups in total. The maximum absolute atomic E-state index is 12.8. The fourth-order valence-corrected chi connectivity index (χ4v) is 6.56. The molecule has 1 amide bonds. The van der Waals surface area contributed by atoms with Crippen molar-refractivity contribution in [3.05, 3.63) is 45.9 Å². The topological polar surface area (TPSA) is 86.4 Å². The van der Waals surface area contributed by atoms with Crippen molar-refractivity contribution < 1.29 is 13.2 Å². The minimum absolute atomic E-state index is 0.182. The normalized spacial score (nSPS) is 16.3. The van der Waals surface area contributed by atoms with Crippen LogP contribution in [-0.4, -0.2) is 59.9 Å². The maximum atomic E-state index is 12.8. The van der Waals surface area contributed by atoms with Gasteiger partial charge in [-0.1, -0.05) is 18.2 Å². The first kappa shape index (κ1) is 17.7. The number of nitrogens with one attached hydrogen (secondary N) is 1. The van der Waals surface area contributed by atoms with Gasteiger partial charge in [0.15, 0.2) is 5.69 Å². The molecule has 1 aliphatic rings. The Labute approximate surface area is 162 Å². The average Bonchev–Trinajstić information content (AvgIpc) is 3.28. The summed E-state index contributed by atoms with van der Waals surface area (Å²) in [6.07, 6.45) is 0. The third-order valence-corrected chi connectivity index (χ3v) is 8.33. The quantitative estimate of drug-likeness (QED) is 0.658. The smallest absolute Gasteiger partial charge is 0.275 e. The van der Waals surface area contributed by atoms with Crippen molar-refractivity contribution in [1.29, 1.82) is 0 Å². The summed E-state index contributed by atoms with van der Waals surface area (Å²) >= 11 is 4.48. The molecule has 1 saturated heterocycles. The van der Waals surface area contributed by atoms with E-state index in [2.05, 4.69) is 26.1 Å². The van der Waals surface area contributed by atoms with Crippen molar-refractivity contribution in [2.45, 2.75) is 4.21 Å². The first-order chi connectivity index (χ1) is 12.5. The Morgan fingerprint density at radius 2 is 1.85 bits per heavy atom. The highest BCUT2D eigenvalue weighted by atomic mass is 79.9. The van der Waals surface area contributed by atoms with Crippen LogP contribution in [0.15, 0.2) is 44.4 Å². The Bertz CT molecular complexity index is 1070. The predicted molar refractivity (Wildman–Crippen MR) is 103 cm³/mol. The molecule has 0 spiro atoms. The van der Waals surface area contributed by atoms with Crippen LogP contribution in [0.2, 0.25) is 0 Å². The van der Waals surface area contributed by atoms with E-state index >= 15 is 0 Å². The first-order valence-corrected chi connectivity index (χ1v) is 11.0. The number of aromatic nitrogens is 2. The summed E-state index contributed by atoms with van der Waals surface area (Å²) in [6.45, 7) is 1.22. The molecule has 26 heavy (non-hydrogen) atoms. The Morgan fingerprint density at radius 3 is 2.54 bits per heavy atom. The lowest BCUT2D eigenvalue weighted by Gasteiger charge is -2.33. The number of hydrogen-bond acceptors (Lipinski definition) is 5. The number of carbonyl (C=O) groups excluding carboxylic acids is 1. The van der Waals surface area contributed by atoms with Gasteiger partial charge in [0.05, 0.1) is 9.30 Å². The second kappa shape index (κ2) is 6.76. The van der Waals surface area contributed by atoms with Crippen LogP contribution in [0.3, 0.4) is 0 Å². The van der Waals surface area contributed by atoms with Crippen LogP contribution in [0.4, 0.5) is 0 Å². The van der Waals surface area contributed by atoms with Gasteiger partial charge in [0.25, 0.3) is 15.9 Å². The van der Waals surface area contributed by atoms with Crippen LogP contribution in [0.5, 0.6) is 0 Å². The molecule has 4 rings (SSSR count). The van der Waals surface area contributed by atoms with E-state index in [1.165, 1.54) is 15.6 Å². The molecule has 1 fully saturated rings. The molecule has 7 nitrogen and oxygen atoms in total. The van der Waals surface area contributed by atoms with Crippen molar-refractivity contribution in [2.75, 3.05) is 26.2 Å². The number of piperazine rings is 1. The number of H-pyrrole nitrogens is 1. The zero-order valence-corrected chi connectivity index (χ0v) is 16.8. The van der Waals surface area contributed by atoms with E-state index in [1.807, 2.05) is 24.3 Å². The van der Waals surface area contributed by atoms with Gasteiger partial charge in [0, 0.05) is 31.6 Å². The number of fused-ring (bicyclic) bond motifs is 1. The number of carbonyl (C=O) groups is 1. The number of aromatic amines is 1. The molecule has 3 aromatic rings. The first-order valence-electron chi connectivity index (χ1n) is 7.95. The highest BCUT2D eigenvalue weighted by Crippen LogP contribution is 2.29. The van der Waals surface area contributed by atoms with Gasteiger partial charge in [-0.15, -0.1) is 11.3 Å². The largest absolute Gasteiger partial charge is 0.335 e. The number of nitrogens with zero attached hydrogens (tertiary/aromatic N) is 3. The molecule has 0 saturated carbocycles. The number of hydrogen-bond donors (Lipinski definition) is 1. The van der Waals surface area contributed by atoms with Crippen LogP contribution in [0, 0.1) is 0 Å². The Morgan fingerprint density at radius 1 is 1.12 bits per heavy atom. The van der Waals surface area contributed by atoms with E-state index in [0.717, 1.165) is 14.7 Å². The molecule has 0 unspecified atom stereocenters. The van der Waals surface area contributed by atoms with Gasteiger partial charge in [-0.05, 0) is 34.1 Å². The number of halogens is 1. The molecule has 1 aromatic carbocycles. The lowest BCUT2D eigenvalue weighted by atomic mass is 10.2. The molecule has 1 aliphatic heterocycles. The van der Waals surface area contributed by atoms with E-state index in [-0.39, 0.29) is 19.0 Å². The van der Waals surface area contributed by atoms with Gasteiger partial charge in [-0.25, -0.2) is 8.42 Å². The van der Waals surface area contributed by atoms with Crippen LogP contribution in [0.1, 0.15) is 10.5 Å². The highest BCUT2D eigenvalue weighted by Gasteiger charge is 2.32. The number of sulfonamides is 1. The molecule has 2 aromatic heterocycles.